The van der Waals surface area contributed by atoms with Crippen LogP contribution < -0.4 is 11.5 Å². The fourth-order valence-corrected chi connectivity index (χ4v) is 4.67. The zero-order valence-corrected chi connectivity index (χ0v) is 20.3. The number of fused-ring (bicyclic) bond motifs is 6. The molecule has 6 heterocycles. The number of nitrogens with zero attached hydrogens (tertiary/aromatic N) is 4. The Morgan fingerprint density at radius 2 is 1.35 bits per heavy atom. The van der Waals surface area contributed by atoms with Crippen molar-refractivity contribution in [3.05, 3.63) is 58.2 Å². The highest BCUT2D eigenvalue weighted by Gasteiger charge is 2.27. The molecule has 0 bridgehead atoms. The van der Waals surface area contributed by atoms with Gasteiger partial charge >= 0.3 is 11.9 Å². The van der Waals surface area contributed by atoms with Gasteiger partial charge in [-0.2, -0.15) is 0 Å². The summed E-state index contributed by atoms with van der Waals surface area (Å²) in [5.41, 5.74) is 17.0. The van der Waals surface area contributed by atoms with E-state index in [9.17, 15) is 9.59 Å². The molecule has 2 aliphatic rings. The maximum Gasteiger partial charge on any atom is 0.356 e. The molecule has 0 aliphatic carbocycles. The van der Waals surface area contributed by atoms with Crippen LogP contribution in [-0.4, -0.2) is 44.1 Å². The monoisotopic (exact) mass is 504 g/mol. The van der Waals surface area contributed by atoms with E-state index in [0.717, 1.165) is 33.0 Å². The number of methoxy groups -OCH3 is 1. The lowest BCUT2D eigenvalue weighted by atomic mass is 10.0. The van der Waals surface area contributed by atoms with Crippen LogP contribution in [0.4, 0.5) is 11.6 Å². The van der Waals surface area contributed by atoms with Crippen LogP contribution in [0, 0.1) is 0 Å². The summed E-state index contributed by atoms with van der Waals surface area (Å²) in [6.45, 7) is 4.71. The van der Waals surface area contributed by atoms with Crippen LogP contribution in [0.2, 0.25) is 0 Å². The van der Waals surface area contributed by atoms with E-state index in [1.54, 1.807) is 6.07 Å². The normalized spacial score (nSPS) is 17.7. The highest BCUT2D eigenvalue weighted by Crippen LogP contribution is 2.39. The third-order valence-corrected chi connectivity index (χ3v) is 6.48. The van der Waals surface area contributed by atoms with Gasteiger partial charge in [0.05, 0.1) is 56.0 Å². The molecule has 1 unspecified atom stereocenters. The second-order valence-corrected chi connectivity index (χ2v) is 8.66. The number of aromatic nitrogens is 4. The Kier molecular flexibility index (Phi) is 6.05. The number of nitrogen functional groups attached to an aromatic ring is 2. The van der Waals surface area contributed by atoms with Gasteiger partial charge in [0.15, 0.2) is 0 Å². The number of hydrogen-bond acceptors (Lipinski definition) is 11. The number of carbonyl (C=O) groups is 2. The van der Waals surface area contributed by atoms with E-state index in [-0.39, 0.29) is 23.6 Å². The van der Waals surface area contributed by atoms with Crippen LogP contribution in [0.1, 0.15) is 69.3 Å². The van der Waals surface area contributed by atoms with E-state index < -0.39 is 11.9 Å². The number of pyridine rings is 4. The molecule has 2 atom stereocenters. The van der Waals surface area contributed by atoms with Crippen molar-refractivity contribution in [1.29, 1.82) is 0 Å². The molecule has 0 saturated heterocycles. The minimum absolute atomic E-state index is 0.00387. The van der Waals surface area contributed by atoms with Crippen LogP contribution >= 0.6 is 0 Å². The number of esters is 1. The van der Waals surface area contributed by atoms with Crippen LogP contribution in [0.25, 0.3) is 21.8 Å². The fraction of sp³-hybridized carbons (Fsp3) is 0.280. The molecule has 4 aromatic heterocycles. The summed E-state index contributed by atoms with van der Waals surface area (Å²) in [6, 6.07) is 3.19. The molecule has 0 aromatic carbocycles. The quantitative estimate of drug-likeness (QED) is 0.339. The summed E-state index contributed by atoms with van der Waals surface area (Å²) < 4.78 is 15.8. The lowest BCUT2D eigenvalue weighted by Gasteiger charge is -2.09. The SMILES string of the molecule is COC(=O)c1cc2c3c(c(N)nc2cn1)C(C)OC3.C[C@@H]1OCc2c1c(N)nc1cnc(C(=O)O)cc21. The van der Waals surface area contributed by atoms with Crippen molar-refractivity contribution in [2.24, 2.45) is 0 Å². The molecule has 6 rings (SSSR count). The third kappa shape index (κ3) is 4.15. The first-order valence-electron chi connectivity index (χ1n) is 11.4. The van der Waals surface area contributed by atoms with Crippen LogP contribution in [0.5, 0.6) is 0 Å². The number of hydrogen-bond donors (Lipinski definition) is 3. The lowest BCUT2D eigenvalue weighted by Crippen LogP contribution is -2.06. The molecule has 0 fully saturated rings. The summed E-state index contributed by atoms with van der Waals surface area (Å²) >= 11 is 0. The minimum Gasteiger partial charge on any atom is -0.477 e. The predicted octanol–water partition coefficient (Wildman–Crippen LogP) is 3.09. The first-order chi connectivity index (χ1) is 17.7. The number of aromatic carboxylic acids is 1. The molecular formula is C25H24N6O6. The van der Waals surface area contributed by atoms with Gasteiger partial charge < -0.3 is 30.8 Å². The van der Waals surface area contributed by atoms with E-state index in [2.05, 4.69) is 24.7 Å². The van der Waals surface area contributed by atoms with Crippen LogP contribution in [-0.2, 0) is 27.4 Å². The van der Waals surface area contributed by atoms with Crippen molar-refractivity contribution in [3.8, 4) is 0 Å². The number of rotatable bonds is 2. The van der Waals surface area contributed by atoms with Gasteiger partial charge in [-0.25, -0.2) is 29.5 Å². The maximum atomic E-state index is 11.5. The molecule has 0 spiro atoms. The van der Waals surface area contributed by atoms with Crippen molar-refractivity contribution in [2.75, 3.05) is 18.6 Å². The molecule has 190 valence electrons. The number of carboxylic acids is 1. The van der Waals surface area contributed by atoms with E-state index in [0.29, 0.717) is 35.9 Å². The topological polar surface area (TPSA) is 186 Å². The van der Waals surface area contributed by atoms with Gasteiger partial charge in [-0.3, -0.25) is 0 Å². The van der Waals surface area contributed by atoms with E-state index in [4.69, 9.17) is 26.0 Å². The van der Waals surface area contributed by atoms with Crippen molar-refractivity contribution < 1.29 is 28.9 Å². The molecule has 12 nitrogen and oxygen atoms in total. The maximum absolute atomic E-state index is 11.5. The average molecular weight is 505 g/mol. The molecule has 4 aromatic rings. The average Bonchev–Trinajstić information content (AvgIpc) is 3.47. The Morgan fingerprint density at radius 3 is 1.81 bits per heavy atom. The fourth-order valence-electron chi connectivity index (χ4n) is 4.67. The van der Waals surface area contributed by atoms with Crippen molar-refractivity contribution in [3.63, 3.8) is 0 Å². The first-order valence-corrected chi connectivity index (χ1v) is 11.4. The van der Waals surface area contributed by atoms with Crippen molar-refractivity contribution in [1.82, 2.24) is 19.9 Å². The second kappa shape index (κ2) is 9.22. The molecule has 0 saturated carbocycles. The van der Waals surface area contributed by atoms with Gasteiger partial charge in [-0.05, 0) is 37.1 Å². The van der Waals surface area contributed by atoms with Gasteiger partial charge in [-0.1, -0.05) is 0 Å². The Labute approximate surface area is 210 Å². The predicted molar refractivity (Wildman–Crippen MR) is 133 cm³/mol. The standard InChI is InChI=1S/C13H13N3O3.C12H11N3O3/c1-6-11-8(5-19-6)7-3-9(13(17)18-2)15-4-10(7)16-12(11)14;1-5-10-7(4-18-5)6-2-8(12(16)17)14-3-9(6)15-11(10)13/h3-4,6H,5H2,1-2H3,(H2,14,16);2-3,5H,4H2,1H3,(H2,13,15)(H,16,17)/t;5-/m.0/s1. The summed E-state index contributed by atoms with van der Waals surface area (Å²) in [5.74, 6) is -0.652. The van der Waals surface area contributed by atoms with Gasteiger partial charge in [0.1, 0.15) is 23.0 Å². The molecule has 12 heteroatoms. The van der Waals surface area contributed by atoms with Gasteiger partial charge in [0.2, 0.25) is 0 Å². The Morgan fingerprint density at radius 1 is 0.892 bits per heavy atom. The highest BCUT2D eigenvalue weighted by molar-refractivity contribution is 5.95. The van der Waals surface area contributed by atoms with E-state index in [1.165, 1.54) is 25.6 Å². The zero-order valence-electron chi connectivity index (χ0n) is 20.3. The number of nitrogens with two attached hydrogens (primary N) is 2. The van der Waals surface area contributed by atoms with Crippen LogP contribution in [0.3, 0.4) is 0 Å². The molecule has 0 radical (unpaired) electrons. The van der Waals surface area contributed by atoms with Gasteiger partial charge in [-0.15, -0.1) is 0 Å². The Bertz CT molecular complexity index is 1590. The number of carbonyl (C=O) groups excluding carboxylic acids is 1. The number of anilines is 2. The third-order valence-electron chi connectivity index (χ3n) is 6.48. The minimum atomic E-state index is -1.06. The molecule has 2 aliphatic heterocycles. The molecule has 5 N–H and O–H groups in total. The Balaban J connectivity index is 0.000000152. The molecule has 0 amide bonds. The van der Waals surface area contributed by atoms with Crippen molar-refractivity contribution in [2.45, 2.75) is 39.3 Å². The summed E-state index contributed by atoms with van der Waals surface area (Å²) in [6.07, 6.45) is 2.76. The van der Waals surface area contributed by atoms with Crippen molar-refractivity contribution >= 4 is 45.4 Å². The molecular weight excluding hydrogens is 480 g/mol. The summed E-state index contributed by atoms with van der Waals surface area (Å²) in [4.78, 5) is 38.9. The zero-order chi connectivity index (χ0) is 26.4. The first kappa shape index (κ1) is 24.3. The number of ether oxygens (including phenoxy) is 3. The Hall–Kier alpha value is -4.42. The van der Waals surface area contributed by atoms with E-state index in [1.807, 2.05) is 13.8 Å². The number of carboxylic acid groups (broad SMARTS) is 1. The summed E-state index contributed by atoms with van der Waals surface area (Å²) in [5, 5.41) is 10.5. The second-order valence-electron chi connectivity index (χ2n) is 8.66. The lowest BCUT2D eigenvalue weighted by molar-refractivity contribution is 0.0593. The van der Waals surface area contributed by atoms with Crippen LogP contribution in [0.15, 0.2) is 24.5 Å². The largest absolute Gasteiger partial charge is 0.477 e. The smallest absolute Gasteiger partial charge is 0.356 e. The van der Waals surface area contributed by atoms with Gasteiger partial charge in [0.25, 0.3) is 0 Å². The van der Waals surface area contributed by atoms with E-state index >= 15 is 0 Å². The van der Waals surface area contributed by atoms with Gasteiger partial charge in [0, 0.05) is 21.9 Å². The highest BCUT2D eigenvalue weighted by atomic mass is 16.5. The molecule has 37 heavy (non-hydrogen) atoms. The summed E-state index contributed by atoms with van der Waals surface area (Å²) in [7, 11) is 1.32.